The van der Waals surface area contributed by atoms with Crippen molar-refractivity contribution in [3.05, 3.63) is 22.5 Å². The third-order valence-corrected chi connectivity index (χ3v) is 4.08. The molecular formula is C14H24N4O3. The SMILES string of the molecule is CC1(C)CCCC(NCC(O)Cn2cc([N+](=O)[O-])cn2)C1. The lowest BCUT2D eigenvalue weighted by atomic mass is 9.75. The van der Waals surface area contributed by atoms with E-state index in [0.717, 1.165) is 12.8 Å². The van der Waals surface area contributed by atoms with Gasteiger partial charge in [0.15, 0.2) is 0 Å². The zero-order valence-corrected chi connectivity index (χ0v) is 12.7. The van der Waals surface area contributed by atoms with Crippen LogP contribution in [0.15, 0.2) is 12.4 Å². The Morgan fingerprint density at radius 3 is 3.05 bits per heavy atom. The van der Waals surface area contributed by atoms with Crippen molar-refractivity contribution in [1.82, 2.24) is 15.1 Å². The van der Waals surface area contributed by atoms with E-state index < -0.39 is 11.0 Å². The van der Waals surface area contributed by atoms with Gasteiger partial charge in [-0.05, 0) is 24.7 Å². The van der Waals surface area contributed by atoms with E-state index in [1.165, 1.54) is 29.9 Å². The van der Waals surface area contributed by atoms with Crippen molar-refractivity contribution >= 4 is 5.69 Å². The van der Waals surface area contributed by atoms with Gasteiger partial charge in [-0.1, -0.05) is 20.3 Å². The largest absolute Gasteiger partial charge is 0.390 e. The van der Waals surface area contributed by atoms with E-state index in [2.05, 4.69) is 24.3 Å². The number of rotatable bonds is 6. The number of nitrogens with one attached hydrogen (secondary N) is 1. The van der Waals surface area contributed by atoms with Crippen LogP contribution in [-0.4, -0.2) is 38.5 Å². The molecule has 0 aromatic carbocycles. The summed E-state index contributed by atoms with van der Waals surface area (Å²) < 4.78 is 1.41. The van der Waals surface area contributed by atoms with E-state index in [1.807, 2.05) is 0 Å². The molecule has 21 heavy (non-hydrogen) atoms. The molecule has 0 bridgehead atoms. The maximum absolute atomic E-state index is 10.6. The van der Waals surface area contributed by atoms with Gasteiger partial charge < -0.3 is 10.4 Å². The van der Waals surface area contributed by atoms with Gasteiger partial charge in [0.1, 0.15) is 12.4 Å². The highest BCUT2D eigenvalue weighted by atomic mass is 16.6. The van der Waals surface area contributed by atoms with E-state index in [4.69, 9.17) is 0 Å². The smallest absolute Gasteiger partial charge is 0.306 e. The first-order chi connectivity index (χ1) is 9.85. The lowest BCUT2D eigenvalue weighted by molar-refractivity contribution is -0.385. The number of hydrogen-bond donors (Lipinski definition) is 2. The quantitative estimate of drug-likeness (QED) is 0.615. The molecule has 0 spiro atoms. The maximum atomic E-state index is 10.6. The highest BCUT2D eigenvalue weighted by molar-refractivity contribution is 5.20. The Labute approximate surface area is 124 Å². The molecule has 2 N–H and O–H groups in total. The van der Waals surface area contributed by atoms with Gasteiger partial charge in [0.2, 0.25) is 0 Å². The number of nitrogens with zero attached hydrogens (tertiary/aromatic N) is 3. The van der Waals surface area contributed by atoms with Gasteiger partial charge in [-0.25, -0.2) is 0 Å². The van der Waals surface area contributed by atoms with Crippen molar-refractivity contribution in [1.29, 1.82) is 0 Å². The van der Waals surface area contributed by atoms with Crippen LogP contribution >= 0.6 is 0 Å². The second-order valence-corrected chi connectivity index (χ2v) is 6.70. The first-order valence-corrected chi connectivity index (χ1v) is 7.44. The van der Waals surface area contributed by atoms with Crippen molar-refractivity contribution in [3.8, 4) is 0 Å². The van der Waals surface area contributed by atoms with Gasteiger partial charge in [0.05, 0.1) is 17.6 Å². The zero-order chi connectivity index (χ0) is 15.5. The maximum Gasteiger partial charge on any atom is 0.306 e. The summed E-state index contributed by atoms with van der Waals surface area (Å²) in [7, 11) is 0. The van der Waals surface area contributed by atoms with Gasteiger partial charge in [0.25, 0.3) is 0 Å². The Hall–Kier alpha value is -1.47. The molecule has 1 aliphatic carbocycles. The Bertz CT molecular complexity index is 486. The highest BCUT2D eigenvalue weighted by Crippen LogP contribution is 2.34. The van der Waals surface area contributed by atoms with E-state index in [9.17, 15) is 15.2 Å². The first kappa shape index (κ1) is 15.9. The number of nitro groups is 1. The van der Waals surface area contributed by atoms with Gasteiger partial charge >= 0.3 is 5.69 Å². The van der Waals surface area contributed by atoms with Crippen LogP contribution in [0.4, 0.5) is 5.69 Å². The van der Waals surface area contributed by atoms with Crippen LogP contribution in [0.25, 0.3) is 0 Å². The van der Waals surface area contributed by atoms with Gasteiger partial charge in [0, 0.05) is 12.6 Å². The molecule has 7 heteroatoms. The summed E-state index contributed by atoms with van der Waals surface area (Å²) in [5.74, 6) is 0. The molecule has 1 aromatic heterocycles. The molecule has 2 rings (SSSR count). The molecule has 118 valence electrons. The van der Waals surface area contributed by atoms with Crippen LogP contribution in [0.1, 0.15) is 39.5 Å². The molecule has 0 radical (unpaired) electrons. The molecule has 1 aliphatic rings. The van der Waals surface area contributed by atoms with Gasteiger partial charge in [-0.2, -0.15) is 5.10 Å². The fourth-order valence-electron chi connectivity index (χ4n) is 3.00. The van der Waals surface area contributed by atoms with Crippen LogP contribution in [0.2, 0.25) is 0 Å². The van der Waals surface area contributed by atoms with E-state index in [1.54, 1.807) is 0 Å². The molecule has 2 atom stereocenters. The topological polar surface area (TPSA) is 93.2 Å². The molecule has 1 saturated carbocycles. The lowest BCUT2D eigenvalue weighted by Gasteiger charge is -2.36. The molecule has 1 heterocycles. The summed E-state index contributed by atoms with van der Waals surface area (Å²) in [6, 6.07) is 0.440. The second kappa shape index (κ2) is 6.53. The molecule has 0 aliphatic heterocycles. The van der Waals surface area contributed by atoms with Crippen LogP contribution in [0.5, 0.6) is 0 Å². The summed E-state index contributed by atoms with van der Waals surface area (Å²) in [5, 5.41) is 27.9. The minimum atomic E-state index is -0.602. The summed E-state index contributed by atoms with van der Waals surface area (Å²) in [4.78, 5) is 10.1. The molecule has 0 amide bonds. The van der Waals surface area contributed by atoms with Crippen LogP contribution in [-0.2, 0) is 6.54 Å². The second-order valence-electron chi connectivity index (χ2n) is 6.70. The number of hydrogen-bond acceptors (Lipinski definition) is 5. The molecule has 1 aromatic rings. The Balaban J connectivity index is 1.76. The summed E-state index contributed by atoms with van der Waals surface area (Å²) >= 11 is 0. The van der Waals surface area contributed by atoms with Crippen molar-refractivity contribution in [3.63, 3.8) is 0 Å². The number of aliphatic hydroxyl groups is 1. The Morgan fingerprint density at radius 1 is 1.67 bits per heavy atom. The predicted molar refractivity (Wildman–Crippen MR) is 78.9 cm³/mol. The molecule has 7 nitrogen and oxygen atoms in total. The monoisotopic (exact) mass is 296 g/mol. The molecule has 0 saturated heterocycles. The number of aromatic nitrogens is 2. The van der Waals surface area contributed by atoms with Gasteiger partial charge in [-0.15, -0.1) is 0 Å². The van der Waals surface area contributed by atoms with Gasteiger partial charge in [-0.3, -0.25) is 14.8 Å². The fraction of sp³-hybridized carbons (Fsp3) is 0.786. The minimum Gasteiger partial charge on any atom is -0.390 e. The lowest BCUT2D eigenvalue weighted by Crippen LogP contribution is -2.41. The van der Waals surface area contributed by atoms with E-state index in [-0.39, 0.29) is 12.2 Å². The first-order valence-electron chi connectivity index (χ1n) is 7.44. The van der Waals surface area contributed by atoms with Crippen molar-refractivity contribution in [2.75, 3.05) is 6.54 Å². The van der Waals surface area contributed by atoms with Crippen LogP contribution in [0, 0.1) is 15.5 Å². The summed E-state index contributed by atoms with van der Waals surface area (Å²) in [5.41, 5.74) is 0.313. The standard InChI is InChI=1S/C14H24N4O3/c1-14(2)5-3-4-11(6-14)15-8-13(19)10-17-9-12(7-16-17)18(20)21/h7,9,11,13,15,19H,3-6,8,10H2,1-2H3. The molecular weight excluding hydrogens is 272 g/mol. The number of aliphatic hydroxyl groups excluding tert-OH is 1. The predicted octanol–water partition coefficient (Wildman–Crippen LogP) is 1.71. The van der Waals surface area contributed by atoms with E-state index in [0.29, 0.717) is 18.0 Å². The average Bonchev–Trinajstić information content (AvgIpc) is 2.84. The molecule has 1 fully saturated rings. The highest BCUT2D eigenvalue weighted by Gasteiger charge is 2.27. The summed E-state index contributed by atoms with van der Waals surface area (Å²) in [6.07, 6.45) is 6.67. The van der Waals surface area contributed by atoms with Crippen molar-refractivity contribution < 1.29 is 10.0 Å². The fourth-order valence-corrected chi connectivity index (χ4v) is 3.00. The van der Waals surface area contributed by atoms with Crippen LogP contribution < -0.4 is 5.32 Å². The minimum absolute atomic E-state index is 0.0517. The van der Waals surface area contributed by atoms with Crippen molar-refractivity contribution in [2.24, 2.45) is 5.41 Å². The van der Waals surface area contributed by atoms with Crippen LogP contribution in [0.3, 0.4) is 0 Å². The zero-order valence-electron chi connectivity index (χ0n) is 12.7. The third-order valence-electron chi connectivity index (χ3n) is 4.08. The Kier molecular flexibility index (Phi) is 4.95. The average molecular weight is 296 g/mol. The molecule has 2 unspecified atom stereocenters. The summed E-state index contributed by atoms with van der Waals surface area (Å²) in [6.45, 7) is 5.30. The Morgan fingerprint density at radius 2 is 2.43 bits per heavy atom. The van der Waals surface area contributed by atoms with E-state index >= 15 is 0 Å². The normalized spacial score (nSPS) is 22.9. The van der Waals surface area contributed by atoms with Crippen molar-refractivity contribution in [2.45, 2.75) is 58.2 Å². The third kappa shape index (κ3) is 4.78.